The number of carbonyl (C=O) groups excluding carboxylic acids is 1. The highest BCUT2D eigenvalue weighted by Crippen LogP contribution is 2.20. The van der Waals surface area contributed by atoms with Crippen molar-refractivity contribution in [3.05, 3.63) is 64.4 Å². The van der Waals surface area contributed by atoms with Gasteiger partial charge in [-0.2, -0.15) is 5.10 Å². The average molecular weight is 349 g/mol. The van der Waals surface area contributed by atoms with Crippen LogP contribution in [0.3, 0.4) is 0 Å². The third-order valence-corrected chi connectivity index (χ3v) is 3.61. The Morgan fingerprint density at radius 2 is 2.08 bits per heavy atom. The Kier molecular flexibility index (Phi) is 6.32. The summed E-state index contributed by atoms with van der Waals surface area (Å²) in [5, 5.41) is 3.91. The molecule has 2 aromatic rings. The molecule has 0 radical (unpaired) electrons. The summed E-state index contributed by atoms with van der Waals surface area (Å²) in [6, 6.07) is 11.8. The third kappa shape index (κ3) is 5.06. The van der Waals surface area contributed by atoms with E-state index in [0.717, 1.165) is 11.8 Å². The first-order valence-electron chi connectivity index (χ1n) is 7.46. The van der Waals surface area contributed by atoms with Crippen LogP contribution in [0.25, 0.3) is 0 Å². The maximum absolute atomic E-state index is 13.5. The van der Waals surface area contributed by atoms with Gasteiger partial charge in [0.05, 0.1) is 11.2 Å². The second-order valence-electron chi connectivity index (χ2n) is 5.44. The number of hydrazone groups is 1. The van der Waals surface area contributed by atoms with Crippen LogP contribution < -0.4 is 10.2 Å². The van der Waals surface area contributed by atoms with E-state index in [1.54, 1.807) is 12.1 Å². The van der Waals surface area contributed by atoms with E-state index in [-0.39, 0.29) is 17.2 Å². The molecule has 0 atom stereocenters. The Bertz CT molecular complexity index is 727. The lowest BCUT2D eigenvalue weighted by molar-refractivity contribution is -0.123. The zero-order valence-electron chi connectivity index (χ0n) is 13.4. The van der Waals surface area contributed by atoms with Crippen LogP contribution in [0.5, 0.6) is 5.75 Å². The predicted molar refractivity (Wildman–Crippen MR) is 93.2 cm³/mol. The van der Waals surface area contributed by atoms with E-state index in [1.807, 2.05) is 18.2 Å². The van der Waals surface area contributed by atoms with E-state index in [0.29, 0.717) is 11.7 Å². The maximum Gasteiger partial charge on any atom is 0.277 e. The summed E-state index contributed by atoms with van der Waals surface area (Å²) in [7, 11) is 0. The van der Waals surface area contributed by atoms with Gasteiger partial charge in [0.25, 0.3) is 5.91 Å². The van der Waals surface area contributed by atoms with Gasteiger partial charge in [0, 0.05) is 5.56 Å². The summed E-state index contributed by atoms with van der Waals surface area (Å²) in [6.07, 6.45) is 1.16. The van der Waals surface area contributed by atoms with E-state index in [4.69, 9.17) is 16.3 Å². The van der Waals surface area contributed by atoms with Crippen molar-refractivity contribution in [3.63, 3.8) is 0 Å². The number of hydrogen-bond donors (Lipinski definition) is 1. The number of nitrogens with zero attached hydrogens (tertiary/aromatic N) is 1. The first-order chi connectivity index (χ1) is 11.5. The molecule has 2 rings (SSSR count). The first kappa shape index (κ1) is 17.9. The summed E-state index contributed by atoms with van der Waals surface area (Å²) < 4.78 is 19.0. The quantitative estimate of drug-likeness (QED) is 0.630. The molecule has 0 bridgehead atoms. The largest absolute Gasteiger partial charge is 0.484 e. The molecule has 1 amide bonds. The molecule has 0 heterocycles. The maximum atomic E-state index is 13.5. The lowest BCUT2D eigenvalue weighted by Gasteiger charge is -2.09. The number of benzene rings is 2. The van der Waals surface area contributed by atoms with Crippen LogP contribution >= 0.6 is 11.6 Å². The Morgan fingerprint density at radius 1 is 1.33 bits per heavy atom. The summed E-state index contributed by atoms with van der Waals surface area (Å²) in [6.45, 7) is 3.96. The Balaban J connectivity index is 1.88. The highest BCUT2D eigenvalue weighted by molar-refractivity contribution is 6.33. The van der Waals surface area contributed by atoms with Gasteiger partial charge in [-0.25, -0.2) is 9.82 Å². The minimum absolute atomic E-state index is 0.116. The van der Waals surface area contributed by atoms with Crippen LogP contribution in [-0.4, -0.2) is 18.7 Å². The molecule has 126 valence electrons. The van der Waals surface area contributed by atoms with Gasteiger partial charge in [0.15, 0.2) is 6.61 Å². The zero-order valence-corrected chi connectivity index (χ0v) is 14.2. The van der Waals surface area contributed by atoms with Gasteiger partial charge in [0.2, 0.25) is 0 Å². The van der Waals surface area contributed by atoms with Crippen molar-refractivity contribution in [2.45, 2.75) is 19.8 Å². The topological polar surface area (TPSA) is 50.7 Å². The lowest BCUT2D eigenvalue weighted by atomic mass is 10.0. The fourth-order valence-electron chi connectivity index (χ4n) is 1.95. The minimum Gasteiger partial charge on any atom is -0.484 e. The van der Waals surface area contributed by atoms with Gasteiger partial charge < -0.3 is 4.74 Å². The van der Waals surface area contributed by atoms with Crippen molar-refractivity contribution >= 4 is 23.7 Å². The van der Waals surface area contributed by atoms with Crippen LogP contribution in [0.15, 0.2) is 47.6 Å². The number of hydrogen-bond acceptors (Lipinski definition) is 3. The van der Waals surface area contributed by atoms with E-state index in [9.17, 15) is 9.18 Å². The van der Waals surface area contributed by atoms with Crippen LogP contribution in [-0.2, 0) is 4.79 Å². The lowest BCUT2D eigenvalue weighted by Crippen LogP contribution is -2.24. The summed E-state index contributed by atoms with van der Waals surface area (Å²) in [5.74, 6) is 0.0193. The minimum atomic E-state index is -0.512. The second-order valence-corrected chi connectivity index (χ2v) is 5.85. The molecule has 2 aromatic carbocycles. The number of halogens is 2. The second kappa shape index (κ2) is 8.45. The van der Waals surface area contributed by atoms with Crippen molar-refractivity contribution in [1.82, 2.24) is 5.43 Å². The van der Waals surface area contributed by atoms with E-state index in [2.05, 4.69) is 24.4 Å². The van der Waals surface area contributed by atoms with Gasteiger partial charge >= 0.3 is 0 Å². The molecule has 0 fully saturated rings. The smallest absolute Gasteiger partial charge is 0.277 e. The van der Waals surface area contributed by atoms with Crippen molar-refractivity contribution < 1.29 is 13.9 Å². The predicted octanol–water partition coefficient (Wildman–Crippen LogP) is 4.13. The zero-order chi connectivity index (χ0) is 17.5. The third-order valence-electron chi connectivity index (χ3n) is 3.28. The van der Waals surface area contributed by atoms with Gasteiger partial charge in [-0.3, -0.25) is 4.79 Å². The molecule has 0 aliphatic rings. The van der Waals surface area contributed by atoms with Crippen molar-refractivity contribution in [2.75, 3.05) is 6.61 Å². The van der Waals surface area contributed by atoms with E-state index < -0.39 is 11.7 Å². The van der Waals surface area contributed by atoms with Gasteiger partial charge in [-0.1, -0.05) is 43.6 Å². The standard InChI is InChI=1S/C18H18ClFN2O2/c1-12(2)13-5-3-6-14(9-13)24-11-18(23)22-21-10-15-16(19)7-4-8-17(15)20/h3-10,12H,11H2,1-2H3,(H,22,23)/b21-10+. The van der Waals surface area contributed by atoms with Gasteiger partial charge in [-0.05, 0) is 35.7 Å². The number of rotatable bonds is 6. The highest BCUT2D eigenvalue weighted by atomic mass is 35.5. The molecule has 6 heteroatoms. The molecular weight excluding hydrogens is 331 g/mol. The summed E-state index contributed by atoms with van der Waals surface area (Å²) in [5.41, 5.74) is 3.51. The molecular formula is C18H18ClFN2O2. The molecule has 24 heavy (non-hydrogen) atoms. The first-order valence-corrected chi connectivity index (χ1v) is 7.84. The number of nitrogens with one attached hydrogen (secondary N) is 1. The van der Waals surface area contributed by atoms with Crippen LogP contribution in [0.2, 0.25) is 5.02 Å². The molecule has 0 saturated carbocycles. The summed E-state index contributed by atoms with van der Waals surface area (Å²) >= 11 is 5.86. The van der Waals surface area contributed by atoms with Gasteiger partial charge in [0.1, 0.15) is 11.6 Å². The molecule has 0 spiro atoms. The van der Waals surface area contributed by atoms with E-state index in [1.165, 1.54) is 12.1 Å². The highest BCUT2D eigenvalue weighted by Gasteiger charge is 2.06. The van der Waals surface area contributed by atoms with E-state index >= 15 is 0 Å². The normalized spacial score (nSPS) is 11.0. The fourth-order valence-corrected chi connectivity index (χ4v) is 2.16. The van der Waals surface area contributed by atoms with Gasteiger partial charge in [-0.15, -0.1) is 0 Å². The monoisotopic (exact) mass is 348 g/mol. The molecule has 4 nitrogen and oxygen atoms in total. The molecule has 0 aliphatic heterocycles. The van der Waals surface area contributed by atoms with Crippen molar-refractivity contribution in [1.29, 1.82) is 0 Å². The Hall–Kier alpha value is -2.40. The van der Waals surface area contributed by atoms with Crippen LogP contribution in [0, 0.1) is 5.82 Å². The van der Waals surface area contributed by atoms with Crippen molar-refractivity contribution in [2.24, 2.45) is 5.10 Å². The fraction of sp³-hybridized carbons (Fsp3) is 0.222. The molecule has 0 aliphatic carbocycles. The molecule has 0 saturated heterocycles. The number of ether oxygens (including phenoxy) is 1. The SMILES string of the molecule is CC(C)c1cccc(OCC(=O)N/N=C/c2c(F)cccc2Cl)c1. The number of amides is 1. The van der Waals surface area contributed by atoms with Crippen LogP contribution in [0.1, 0.15) is 30.9 Å². The summed E-state index contributed by atoms with van der Waals surface area (Å²) in [4.78, 5) is 11.7. The Labute approximate surface area is 145 Å². The number of carbonyl (C=O) groups is 1. The molecule has 1 N–H and O–H groups in total. The average Bonchev–Trinajstić information content (AvgIpc) is 2.56. The Morgan fingerprint density at radius 3 is 2.79 bits per heavy atom. The van der Waals surface area contributed by atoms with Crippen molar-refractivity contribution in [3.8, 4) is 5.75 Å². The molecule has 0 unspecified atom stereocenters. The molecule has 0 aromatic heterocycles. The van der Waals surface area contributed by atoms with Crippen LogP contribution in [0.4, 0.5) is 4.39 Å².